The van der Waals surface area contributed by atoms with E-state index >= 15 is 0 Å². The Hall–Kier alpha value is -2.50. The molecule has 2 atom stereocenters. The van der Waals surface area contributed by atoms with Crippen LogP contribution in [0.15, 0.2) is 42.4 Å². The molecule has 6 nitrogen and oxygen atoms in total. The fraction of sp³-hybridized carbons (Fsp3) is 0.412. The molecular formula is C17H19NO5. The molecule has 0 spiro atoms. The molecule has 3 rings (SSSR count). The van der Waals surface area contributed by atoms with Crippen molar-refractivity contribution in [1.82, 2.24) is 4.90 Å². The number of nitrogens with zero attached hydrogens (tertiary/aromatic N) is 1. The number of hydrogen-bond acceptors (Lipinski definition) is 4. The van der Waals surface area contributed by atoms with Crippen molar-refractivity contribution in [3.05, 3.63) is 47.9 Å². The number of ether oxygens (including phenoxy) is 2. The van der Waals surface area contributed by atoms with Gasteiger partial charge in [0.05, 0.1) is 0 Å². The van der Waals surface area contributed by atoms with Crippen LogP contribution in [0.25, 0.3) is 0 Å². The van der Waals surface area contributed by atoms with Crippen molar-refractivity contribution >= 4 is 11.9 Å². The number of amides is 1. The van der Waals surface area contributed by atoms with Crippen molar-refractivity contribution in [3.8, 4) is 0 Å². The number of carboxylic acids is 1. The van der Waals surface area contributed by atoms with Gasteiger partial charge in [0, 0.05) is 6.54 Å². The Morgan fingerprint density at radius 1 is 1.30 bits per heavy atom. The number of carbonyl (C=O) groups is 2. The second kappa shape index (κ2) is 6.73. The molecule has 1 fully saturated rings. The van der Waals surface area contributed by atoms with Gasteiger partial charge in [0.2, 0.25) is 12.7 Å². The third kappa shape index (κ3) is 3.31. The van der Waals surface area contributed by atoms with Crippen LogP contribution < -0.4 is 0 Å². The van der Waals surface area contributed by atoms with E-state index in [2.05, 4.69) is 0 Å². The highest BCUT2D eigenvalue weighted by molar-refractivity contribution is 5.87. The normalized spacial score (nSPS) is 21.3. The predicted octanol–water partition coefficient (Wildman–Crippen LogP) is 1.77. The summed E-state index contributed by atoms with van der Waals surface area (Å²) >= 11 is 0. The molecule has 0 bridgehead atoms. The van der Waals surface area contributed by atoms with Gasteiger partial charge in [-0.2, -0.15) is 0 Å². The van der Waals surface area contributed by atoms with Crippen molar-refractivity contribution in [2.75, 3.05) is 13.3 Å². The first-order chi connectivity index (χ1) is 11.2. The molecule has 2 aliphatic rings. The molecule has 0 radical (unpaired) electrons. The van der Waals surface area contributed by atoms with Gasteiger partial charge in [0.1, 0.15) is 24.0 Å². The fourth-order valence-corrected chi connectivity index (χ4v) is 3.08. The van der Waals surface area contributed by atoms with Crippen LogP contribution in [0.5, 0.6) is 0 Å². The number of carboxylic acid groups (broad SMARTS) is 1. The van der Waals surface area contributed by atoms with E-state index in [-0.39, 0.29) is 12.7 Å². The Morgan fingerprint density at radius 3 is 2.74 bits per heavy atom. The summed E-state index contributed by atoms with van der Waals surface area (Å²) in [4.78, 5) is 25.7. The monoisotopic (exact) mass is 317 g/mol. The van der Waals surface area contributed by atoms with E-state index in [0.717, 1.165) is 5.56 Å². The van der Waals surface area contributed by atoms with Crippen LogP contribution in [-0.2, 0) is 25.5 Å². The lowest BCUT2D eigenvalue weighted by molar-refractivity contribution is -0.149. The lowest BCUT2D eigenvalue weighted by Crippen LogP contribution is -2.44. The van der Waals surface area contributed by atoms with Crippen LogP contribution in [0.3, 0.4) is 0 Å². The fourth-order valence-electron chi connectivity index (χ4n) is 3.08. The third-order valence-corrected chi connectivity index (χ3v) is 4.24. The van der Waals surface area contributed by atoms with Gasteiger partial charge in [-0.1, -0.05) is 30.3 Å². The highest BCUT2D eigenvalue weighted by Gasteiger charge is 2.39. The number of rotatable bonds is 5. The Morgan fingerprint density at radius 2 is 2.09 bits per heavy atom. The van der Waals surface area contributed by atoms with Crippen LogP contribution in [0.4, 0.5) is 0 Å². The summed E-state index contributed by atoms with van der Waals surface area (Å²) in [5.74, 6) is -1.25. The van der Waals surface area contributed by atoms with Crippen molar-refractivity contribution in [2.45, 2.75) is 25.3 Å². The lowest BCUT2D eigenvalue weighted by atomic mass is 9.96. The molecule has 1 aromatic rings. The average molecular weight is 317 g/mol. The molecule has 1 aromatic carbocycles. The molecular weight excluding hydrogens is 298 g/mol. The van der Waals surface area contributed by atoms with Crippen LogP contribution in [0.1, 0.15) is 18.4 Å². The van der Waals surface area contributed by atoms with Gasteiger partial charge in [-0.05, 0) is 24.8 Å². The second-order valence-corrected chi connectivity index (χ2v) is 5.72. The summed E-state index contributed by atoms with van der Waals surface area (Å²) in [5.41, 5.74) is 0.994. The first-order valence-corrected chi connectivity index (χ1v) is 7.68. The largest absolute Gasteiger partial charge is 0.480 e. The second-order valence-electron chi connectivity index (χ2n) is 5.72. The number of benzene rings is 1. The molecule has 1 unspecified atom stereocenters. The number of aliphatic carboxylic acids is 1. The van der Waals surface area contributed by atoms with Crippen molar-refractivity contribution in [2.24, 2.45) is 5.92 Å². The SMILES string of the molecule is O=C(O)[C@@H]1CCCN1C(=O)C(Cc1ccccc1)C1=COCO1. The predicted molar refractivity (Wildman–Crippen MR) is 81.1 cm³/mol. The average Bonchev–Trinajstić information content (AvgIpc) is 3.24. The van der Waals surface area contributed by atoms with E-state index < -0.39 is 17.9 Å². The van der Waals surface area contributed by atoms with E-state index in [4.69, 9.17) is 9.47 Å². The molecule has 2 aliphatic heterocycles. The summed E-state index contributed by atoms with van der Waals surface area (Å²) in [6.07, 6.45) is 3.11. The van der Waals surface area contributed by atoms with Crippen LogP contribution in [-0.4, -0.2) is 41.3 Å². The Bertz CT molecular complexity index is 613. The zero-order valence-corrected chi connectivity index (χ0v) is 12.7. The standard InChI is InChI=1S/C17H19NO5/c19-16(18-8-4-7-14(18)17(20)21)13(15-10-22-11-23-15)9-12-5-2-1-3-6-12/h1-3,5-6,10,13-14H,4,7-9,11H2,(H,20,21)/t13?,14-/m0/s1. The number of hydrogen-bond donors (Lipinski definition) is 1. The van der Waals surface area contributed by atoms with Gasteiger partial charge >= 0.3 is 5.97 Å². The Labute approximate surface area is 134 Å². The number of carbonyl (C=O) groups excluding carboxylic acids is 1. The highest BCUT2D eigenvalue weighted by atomic mass is 16.7. The molecule has 0 aliphatic carbocycles. The van der Waals surface area contributed by atoms with Crippen molar-refractivity contribution in [1.29, 1.82) is 0 Å². The molecule has 23 heavy (non-hydrogen) atoms. The summed E-state index contributed by atoms with van der Waals surface area (Å²) < 4.78 is 10.5. The summed E-state index contributed by atoms with van der Waals surface area (Å²) in [5, 5.41) is 9.30. The van der Waals surface area contributed by atoms with Crippen LogP contribution >= 0.6 is 0 Å². The van der Waals surface area contributed by atoms with E-state index in [9.17, 15) is 14.7 Å². The maximum absolute atomic E-state index is 12.9. The van der Waals surface area contributed by atoms with Crippen molar-refractivity contribution < 1.29 is 24.2 Å². The van der Waals surface area contributed by atoms with Gasteiger partial charge < -0.3 is 19.5 Å². The minimum Gasteiger partial charge on any atom is -0.480 e. The Balaban J connectivity index is 1.82. The van der Waals surface area contributed by atoms with Crippen LogP contribution in [0.2, 0.25) is 0 Å². The van der Waals surface area contributed by atoms with E-state index in [0.29, 0.717) is 31.6 Å². The zero-order valence-electron chi connectivity index (χ0n) is 12.7. The minimum atomic E-state index is -0.952. The molecule has 122 valence electrons. The molecule has 0 aromatic heterocycles. The minimum absolute atomic E-state index is 0.0935. The molecule has 6 heteroatoms. The molecule has 2 heterocycles. The first-order valence-electron chi connectivity index (χ1n) is 7.68. The Kier molecular flexibility index (Phi) is 4.50. The first kappa shape index (κ1) is 15.4. The van der Waals surface area contributed by atoms with Crippen LogP contribution in [0, 0.1) is 5.92 Å². The van der Waals surface area contributed by atoms with Gasteiger partial charge in [0.15, 0.2) is 0 Å². The topological polar surface area (TPSA) is 76.1 Å². The smallest absolute Gasteiger partial charge is 0.326 e. The van der Waals surface area contributed by atoms with Gasteiger partial charge in [0.25, 0.3) is 0 Å². The lowest BCUT2D eigenvalue weighted by Gasteiger charge is -2.26. The summed E-state index contributed by atoms with van der Waals surface area (Å²) in [7, 11) is 0. The maximum atomic E-state index is 12.9. The van der Waals surface area contributed by atoms with Gasteiger partial charge in [-0.15, -0.1) is 0 Å². The summed E-state index contributed by atoms with van der Waals surface area (Å²) in [6.45, 7) is 0.561. The summed E-state index contributed by atoms with van der Waals surface area (Å²) in [6, 6.07) is 8.87. The maximum Gasteiger partial charge on any atom is 0.326 e. The van der Waals surface area contributed by atoms with E-state index in [1.165, 1.54) is 11.2 Å². The number of likely N-dealkylation sites (tertiary alicyclic amines) is 1. The highest BCUT2D eigenvalue weighted by Crippen LogP contribution is 2.28. The quantitative estimate of drug-likeness (QED) is 0.895. The molecule has 1 saturated heterocycles. The molecule has 1 amide bonds. The van der Waals surface area contributed by atoms with Gasteiger partial charge in [-0.3, -0.25) is 4.79 Å². The molecule has 0 saturated carbocycles. The molecule has 1 N–H and O–H groups in total. The van der Waals surface area contributed by atoms with E-state index in [1.54, 1.807) is 0 Å². The van der Waals surface area contributed by atoms with Gasteiger partial charge in [-0.25, -0.2) is 4.79 Å². The zero-order chi connectivity index (χ0) is 16.2. The van der Waals surface area contributed by atoms with E-state index in [1.807, 2.05) is 30.3 Å². The third-order valence-electron chi connectivity index (χ3n) is 4.24. The van der Waals surface area contributed by atoms with Crippen molar-refractivity contribution in [3.63, 3.8) is 0 Å².